The quantitative estimate of drug-likeness (QED) is 0.710. The highest BCUT2D eigenvalue weighted by atomic mass is 35.5. The molecule has 0 saturated carbocycles. The van der Waals surface area contributed by atoms with Crippen LogP contribution in [0.4, 0.5) is 15.3 Å². The second-order valence-corrected chi connectivity index (χ2v) is 7.54. The average molecular weight is 432 g/mol. The molecule has 7 nitrogen and oxygen atoms in total. The molecular formula is C22H26ClN3O4. The number of carbonyl (C=O) groups excluding carboxylic acids is 2. The van der Waals surface area contributed by atoms with Gasteiger partial charge in [0.1, 0.15) is 6.61 Å². The number of rotatable bonds is 6. The summed E-state index contributed by atoms with van der Waals surface area (Å²) in [5.41, 5.74) is 2.41. The molecule has 0 unspecified atom stereocenters. The maximum Gasteiger partial charge on any atom is 0.411 e. The highest BCUT2D eigenvalue weighted by Gasteiger charge is 2.22. The van der Waals surface area contributed by atoms with Crippen molar-refractivity contribution in [3.63, 3.8) is 0 Å². The molecule has 0 aromatic heterocycles. The second-order valence-electron chi connectivity index (χ2n) is 7.11. The van der Waals surface area contributed by atoms with Crippen LogP contribution in [0.2, 0.25) is 5.02 Å². The molecule has 2 aromatic carbocycles. The highest BCUT2D eigenvalue weighted by Crippen LogP contribution is 2.14. The summed E-state index contributed by atoms with van der Waals surface area (Å²) >= 11 is 5.83. The van der Waals surface area contributed by atoms with E-state index in [4.69, 9.17) is 21.1 Å². The van der Waals surface area contributed by atoms with E-state index in [0.717, 1.165) is 24.0 Å². The first-order chi connectivity index (χ1) is 14.5. The third kappa shape index (κ3) is 6.64. The van der Waals surface area contributed by atoms with Crippen LogP contribution in [0.15, 0.2) is 48.5 Å². The van der Waals surface area contributed by atoms with Gasteiger partial charge in [0.05, 0.1) is 6.10 Å². The number of carbonyl (C=O) groups is 2. The van der Waals surface area contributed by atoms with E-state index in [9.17, 15) is 9.59 Å². The topological polar surface area (TPSA) is 79.9 Å². The van der Waals surface area contributed by atoms with Gasteiger partial charge in [0.25, 0.3) is 0 Å². The van der Waals surface area contributed by atoms with Crippen LogP contribution in [-0.4, -0.2) is 43.3 Å². The minimum atomic E-state index is -0.537. The lowest BCUT2D eigenvalue weighted by molar-refractivity contribution is 0.0503. The second kappa shape index (κ2) is 10.8. The first-order valence-corrected chi connectivity index (χ1v) is 10.2. The molecule has 2 aromatic rings. The Morgan fingerprint density at radius 1 is 1.03 bits per heavy atom. The summed E-state index contributed by atoms with van der Waals surface area (Å²) < 4.78 is 10.5. The summed E-state index contributed by atoms with van der Waals surface area (Å²) in [7, 11) is 1.71. The van der Waals surface area contributed by atoms with Crippen molar-refractivity contribution in [2.75, 3.05) is 25.5 Å². The molecule has 0 spiro atoms. The lowest BCUT2D eigenvalue weighted by atomic mass is 10.1. The number of ether oxygens (including phenoxy) is 2. The van der Waals surface area contributed by atoms with Gasteiger partial charge >= 0.3 is 12.1 Å². The van der Waals surface area contributed by atoms with Gasteiger partial charge in [0.15, 0.2) is 0 Å². The zero-order valence-corrected chi connectivity index (χ0v) is 17.7. The largest absolute Gasteiger partial charge is 0.444 e. The fourth-order valence-electron chi connectivity index (χ4n) is 3.17. The lowest BCUT2D eigenvalue weighted by Gasteiger charge is -2.31. The molecule has 1 aliphatic heterocycles. The number of nitrogens with zero attached hydrogens (tertiary/aromatic N) is 1. The molecular weight excluding hydrogens is 406 g/mol. The first-order valence-electron chi connectivity index (χ1n) is 9.86. The number of likely N-dealkylation sites (tertiary alicyclic amines) is 1. The number of anilines is 1. The van der Waals surface area contributed by atoms with Crippen LogP contribution in [0, 0.1) is 0 Å². The molecule has 1 saturated heterocycles. The third-order valence-electron chi connectivity index (χ3n) is 4.99. The van der Waals surface area contributed by atoms with Crippen LogP contribution < -0.4 is 10.6 Å². The standard InChI is InChI=1S/C22H26ClN3O4/c1-29-20-10-12-26(13-11-20)21(27)24-14-16-4-8-19(9-5-16)25-22(28)30-15-17-2-6-18(23)7-3-17/h2-9,20H,10-15H2,1H3,(H,24,27)(H,25,28). The molecule has 1 heterocycles. The van der Waals surface area contributed by atoms with Gasteiger partial charge in [-0.25, -0.2) is 9.59 Å². The SMILES string of the molecule is COC1CCN(C(=O)NCc2ccc(NC(=O)OCc3ccc(Cl)cc3)cc2)CC1. The van der Waals surface area contributed by atoms with E-state index in [1.807, 2.05) is 17.0 Å². The Labute approximate surface area is 181 Å². The molecule has 0 aliphatic carbocycles. The molecule has 30 heavy (non-hydrogen) atoms. The number of benzene rings is 2. The molecule has 2 N–H and O–H groups in total. The third-order valence-corrected chi connectivity index (χ3v) is 5.24. The van der Waals surface area contributed by atoms with Crippen LogP contribution in [0.3, 0.4) is 0 Å². The van der Waals surface area contributed by atoms with Gasteiger partial charge in [-0.15, -0.1) is 0 Å². The monoisotopic (exact) mass is 431 g/mol. The van der Waals surface area contributed by atoms with E-state index in [1.54, 1.807) is 43.5 Å². The number of methoxy groups -OCH3 is 1. The van der Waals surface area contributed by atoms with Crippen molar-refractivity contribution in [2.45, 2.75) is 32.1 Å². The van der Waals surface area contributed by atoms with Gasteiger partial charge in [0.2, 0.25) is 0 Å². The molecule has 0 bridgehead atoms. The zero-order valence-electron chi connectivity index (χ0n) is 16.9. The molecule has 8 heteroatoms. The van der Waals surface area contributed by atoms with Crippen molar-refractivity contribution in [3.8, 4) is 0 Å². The maximum absolute atomic E-state index is 12.3. The van der Waals surface area contributed by atoms with E-state index in [-0.39, 0.29) is 18.7 Å². The maximum atomic E-state index is 12.3. The predicted octanol–water partition coefficient (Wildman–Crippen LogP) is 4.41. The van der Waals surface area contributed by atoms with Crippen LogP contribution in [0.1, 0.15) is 24.0 Å². The number of piperidine rings is 1. The minimum Gasteiger partial charge on any atom is -0.444 e. The van der Waals surface area contributed by atoms with Gasteiger partial charge in [-0.1, -0.05) is 35.9 Å². The Balaban J connectivity index is 1.39. The predicted molar refractivity (Wildman–Crippen MR) is 116 cm³/mol. The van der Waals surface area contributed by atoms with Gasteiger partial charge in [-0.3, -0.25) is 5.32 Å². The van der Waals surface area contributed by atoms with E-state index in [1.165, 1.54) is 0 Å². The molecule has 3 amide bonds. The summed E-state index contributed by atoms with van der Waals surface area (Å²) in [4.78, 5) is 26.0. The molecule has 160 valence electrons. The number of amides is 3. The van der Waals surface area contributed by atoms with Crippen molar-refractivity contribution < 1.29 is 19.1 Å². The van der Waals surface area contributed by atoms with Gasteiger partial charge in [0, 0.05) is 37.5 Å². The smallest absolute Gasteiger partial charge is 0.411 e. The summed E-state index contributed by atoms with van der Waals surface area (Å²) in [6.45, 7) is 1.98. The van der Waals surface area contributed by atoms with Gasteiger partial charge in [-0.05, 0) is 48.2 Å². The van der Waals surface area contributed by atoms with Crippen molar-refractivity contribution in [2.24, 2.45) is 0 Å². The summed E-state index contributed by atoms with van der Waals surface area (Å²) in [6, 6.07) is 14.3. The van der Waals surface area contributed by atoms with E-state index < -0.39 is 6.09 Å². The van der Waals surface area contributed by atoms with Crippen LogP contribution in [0.25, 0.3) is 0 Å². The Bertz CT molecular complexity index is 834. The number of hydrogen-bond donors (Lipinski definition) is 2. The zero-order chi connectivity index (χ0) is 21.3. The number of halogens is 1. The minimum absolute atomic E-state index is 0.0717. The van der Waals surface area contributed by atoms with Gasteiger partial charge in [-0.2, -0.15) is 0 Å². The molecule has 3 rings (SSSR count). The van der Waals surface area contributed by atoms with Crippen LogP contribution in [-0.2, 0) is 22.6 Å². The first kappa shape index (κ1) is 21.9. The number of hydrogen-bond acceptors (Lipinski definition) is 4. The summed E-state index contributed by atoms with van der Waals surface area (Å²) in [6.07, 6.45) is 1.43. The normalized spacial score (nSPS) is 14.3. The van der Waals surface area contributed by atoms with Crippen molar-refractivity contribution in [1.82, 2.24) is 10.2 Å². The summed E-state index contributed by atoms with van der Waals surface area (Å²) in [5.74, 6) is 0. The Morgan fingerprint density at radius 3 is 2.30 bits per heavy atom. The Morgan fingerprint density at radius 2 is 1.67 bits per heavy atom. The van der Waals surface area contributed by atoms with Crippen LogP contribution in [0.5, 0.6) is 0 Å². The fourth-order valence-corrected chi connectivity index (χ4v) is 3.30. The number of urea groups is 1. The van der Waals surface area contributed by atoms with E-state index in [0.29, 0.717) is 30.3 Å². The van der Waals surface area contributed by atoms with E-state index in [2.05, 4.69) is 10.6 Å². The van der Waals surface area contributed by atoms with E-state index >= 15 is 0 Å². The fraction of sp³-hybridized carbons (Fsp3) is 0.364. The van der Waals surface area contributed by atoms with Crippen LogP contribution >= 0.6 is 11.6 Å². The molecule has 0 atom stereocenters. The number of nitrogens with one attached hydrogen (secondary N) is 2. The van der Waals surface area contributed by atoms with Crippen molar-refractivity contribution in [1.29, 1.82) is 0 Å². The highest BCUT2D eigenvalue weighted by molar-refractivity contribution is 6.30. The van der Waals surface area contributed by atoms with Gasteiger partial charge < -0.3 is 19.7 Å². The van der Waals surface area contributed by atoms with Crippen molar-refractivity contribution >= 4 is 29.4 Å². The Kier molecular flexibility index (Phi) is 7.93. The molecule has 1 aliphatic rings. The Hall–Kier alpha value is -2.77. The molecule has 0 radical (unpaired) electrons. The average Bonchev–Trinajstić information content (AvgIpc) is 2.78. The summed E-state index contributed by atoms with van der Waals surface area (Å²) in [5, 5.41) is 6.25. The molecule has 1 fully saturated rings. The van der Waals surface area contributed by atoms with Crippen molar-refractivity contribution in [3.05, 3.63) is 64.7 Å². The lowest BCUT2D eigenvalue weighted by Crippen LogP contribution is -2.45.